The van der Waals surface area contributed by atoms with Crippen LogP contribution >= 0.6 is 34.9 Å². The van der Waals surface area contributed by atoms with Crippen molar-refractivity contribution in [3.8, 4) is 0 Å². The smallest absolute Gasteiger partial charge is 0.471 e. The van der Waals surface area contributed by atoms with Gasteiger partial charge < -0.3 is 20.4 Å². The van der Waals surface area contributed by atoms with Gasteiger partial charge in [0.1, 0.15) is 36.0 Å². The van der Waals surface area contributed by atoms with Gasteiger partial charge in [0, 0.05) is 16.9 Å². The van der Waals surface area contributed by atoms with Gasteiger partial charge in [-0.3, -0.25) is 29.4 Å². The first kappa shape index (κ1) is 35.3. The highest BCUT2D eigenvalue weighted by Crippen LogP contribution is 2.41. The Hall–Kier alpha value is -5.03. The molecule has 1 unspecified atom stereocenters. The molecule has 3 amide bonds. The number of β-lactam (4-membered cyclic amide) rings is 1. The highest BCUT2D eigenvalue weighted by Gasteiger charge is 2.54. The van der Waals surface area contributed by atoms with Crippen LogP contribution in [0.3, 0.4) is 0 Å². The number of benzene rings is 1. The summed E-state index contributed by atoms with van der Waals surface area (Å²) in [6, 6.07) is 5.90. The molecule has 2 atom stereocenters. The van der Waals surface area contributed by atoms with E-state index in [1.165, 1.54) is 0 Å². The van der Waals surface area contributed by atoms with Gasteiger partial charge in [-0.2, -0.15) is 13.2 Å². The topological polar surface area (TPSA) is 231 Å². The van der Waals surface area contributed by atoms with Crippen molar-refractivity contribution in [2.45, 2.75) is 42.8 Å². The van der Waals surface area contributed by atoms with Crippen LogP contribution in [0.15, 0.2) is 51.2 Å². The Balaban J connectivity index is 1.32. The summed E-state index contributed by atoms with van der Waals surface area (Å²) in [6.07, 6.45) is -5.19. The number of hydrogen-bond acceptors (Lipinski definition) is 14. The fourth-order valence-corrected chi connectivity index (χ4v) is 7.40. The van der Waals surface area contributed by atoms with Crippen molar-refractivity contribution in [1.82, 2.24) is 35.4 Å². The number of thiazole rings is 1. The summed E-state index contributed by atoms with van der Waals surface area (Å²) >= 11 is 2.71. The van der Waals surface area contributed by atoms with Crippen molar-refractivity contribution in [3.63, 3.8) is 0 Å². The molecule has 4 heterocycles. The lowest BCUT2D eigenvalue weighted by Gasteiger charge is -2.49. The fraction of sp³-hybridized carbons (Fsp3) is 0.308. The van der Waals surface area contributed by atoms with E-state index in [1.807, 2.05) is 19.1 Å². The molecule has 23 heteroatoms. The highest BCUT2D eigenvalue weighted by molar-refractivity contribution is 8.01. The molecule has 3 aromatic rings. The maximum absolute atomic E-state index is 13.5. The molecule has 1 aromatic carbocycles. The number of nitrogens with one attached hydrogen (secondary N) is 2. The monoisotopic (exact) mass is 741 g/mol. The van der Waals surface area contributed by atoms with E-state index in [0.29, 0.717) is 22.5 Å². The number of hydrogen-bond donors (Lipinski definition) is 4. The normalized spacial score (nSPS) is 17.7. The van der Waals surface area contributed by atoms with Gasteiger partial charge in [-0.1, -0.05) is 46.7 Å². The Morgan fingerprint density at radius 1 is 1.18 bits per heavy atom. The molecule has 0 radical (unpaired) electrons. The minimum Gasteiger partial charge on any atom is -0.480 e. The molecule has 0 bridgehead atoms. The van der Waals surface area contributed by atoms with Gasteiger partial charge in [-0.25, -0.2) is 14.5 Å². The molecule has 1 saturated heterocycles. The largest absolute Gasteiger partial charge is 0.480 e. The maximum Gasteiger partial charge on any atom is 0.471 e. The zero-order chi connectivity index (χ0) is 35.5. The lowest BCUT2D eigenvalue weighted by molar-refractivity contribution is -0.167. The molecule has 1 fully saturated rings. The quantitative estimate of drug-likeness (QED) is 0.0842. The van der Waals surface area contributed by atoms with Crippen LogP contribution in [-0.4, -0.2) is 105 Å². The second-order valence-corrected chi connectivity index (χ2v) is 13.0. The number of halogens is 3. The summed E-state index contributed by atoms with van der Waals surface area (Å²) in [7, 11) is 0. The Kier molecular flexibility index (Phi) is 10.5. The third-order valence-corrected chi connectivity index (χ3v) is 9.78. The first-order chi connectivity index (χ1) is 23.2. The molecule has 258 valence electrons. The number of aliphatic carboxylic acids is 2. The molecule has 0 saturated carbocycles. The average molecular weight is 742 g/mol. The second-order valence-electron chi connectivity index (χ2n) is 10.1. The summed E-state index contributed by atoms with van der Waals surface area (Å²) in [6.45, 7) is 1.25. The minimum absolute atomic E-state index is 0.00825. The molecule has 2 aliphatic rings. The molecule has 5 rings (SSSR count). The van der Waals surface area contributed by atoms with Crippen LogP contribution in [0.25, 0.3) is 0 Å². The number of alkyl halides is 3. The summed E-state index contributed by atoms with van der Waals surface area (Å²) in [5.41, 5.74) is 0.877. The summed E-state index contributed by atoms with van der Waals surface area (Å²) in [4.78, 5) is 71.6. The molecule has 0 aliphatic carbocycles. The van der Waals surface area contributed by atoms with Crippen LogP contribution in [0.5, 0.6) is 0 Å². The Morgan fingerprint density at radius 2 is 1.92 bits per heavy atom. The maximum atomic E-state index is 13.5. The van der Waals surface area contributed by atoms with Crippen LogP contribution in [0.4, 0.5) is 18.3 Å². The van der Waals surface area contributed by atoms with Crippen molar-refractivity contribution in [2.75, 3.05) is 16.8 Å². The predicted molar refractivity (Wildman–Crippen MR) is 165 cm³/mol. The minimum atomic E-state index is -5.19. The Bertz CT molecular complexity index is 1860. The van der Waals surface area contributed by atoms with Gasteiger partial charge in [0.05, 0.1) is 0 Å². The lowest BCUT2D eigenvalue weighted by Crippen LogP contribution is -2.71. The average Bonchev–Trinajstić information content (AvgIpc) is 3.69. The first-order valence-corrected chi connectivity index (χ1v) is 16.6. The van der Waals surface area contributed by atoms with E-state index >= 15 is 0 Å². The van der Waals surface area contributed by atoms with Gasteiger partial charge in [0.2, 0.25) is 5.16 Å². The standard InChI is InChI=1S/C26H22F3N9O8S3/c1-11-2-4-12(5-3-11)7-46-34-16(14-10-48-24(30-14)32-23(45)26(27,28)29)19(41)31-17-20(42)38-18(22(43)44)13(8-47-21(17)38)9-49-25-33-35-36-37(25)6-15(39)40/h2-5,10,17,21H,6-9H2,1H3,(H,31,41)(H,39,40)(H,43,44)(H,30,32,45)/b34-16-/t17?,21-/m1/s1. The lowest BCUT2D eigenvalue weighted by atomic mass is 10.0. The third kappa shape index (κ3) is 8.17. The number of nitrogens with zero attached hydrogens (tertiary/aromatic N) is 7. The van der Waals surface area contributed by atoms with Crippen LogP contribution in [0.2, 0.25) is 0 Å². The molecule has 0 spiro atoms. The zero-order valence-corrected chi connectivity index (χ0v) is 27.2. The van der Waals surface area contributed by atoms with Gasteiger partial charge >= 0.3 is 24.0 Å². The number of aromatic nitrogens is 5. The van der Waals surface area contributed by atoms with Crippen molar-refractivity contribution in [3.05, 3.63) is 57.7 Å². The van der Waals surface area contributed by atoms with Gasteiger partial charge in [0.15, 0.2) is 10.8 Å². The molecule has 49 heavy (non-hydrogen) atoms. The number of thioether (sulfide) groups is 2. The van der Waals surface area contributed by atoms with E-state index in [1.54, 1.807) is 17.4 Å². The van der Waals surface area contributed by atoms with Crippen LogP contribution < -0.4 is 10.6 Å². The number of carboxylic acid groups (broad SMARTS) is 2. The van der Waals surface area contributed by atoms with Crippen molar-refractivity contribution >= 4 is 75.4 Å². The SMILES string of the molecule is Cc1ccc(CO/N=C(\C(=O)NC2C(=O)N3C(C(=O)O)=C(CSc4nnnn4CC(=O)O)CS[C@H]23)c2csc(NC(=O)C(F)(F)F)n2)cc1. The molecular formula is C26H22F3N9O8S3. The van der Waals surface area contributed by atoms with Crippen molar-refractivity contribution in [2.24, 2.45) is 5.16 Å². The van der Waals surface area contributed by atoms with Gasteiger partial charge in [-0.15, -0.1) is 28.2 Å². The number of fused-ring (bicyclic) bond motifs is 1. The van der Waals surface area contributed by atoms with Crippen molar-refractivity contribution < 1.29 is 52.2 Å². The Labute approximate surface area is 284 Å². The highest BCUT2D eigenvalue weighted by atomic mass is 32.2. The van der Waals surface area contributed by atoms with Crippen LogP contribution in [-0.2, 0) is 42.0 Å². The van der Waals surface area contributed by atoms with E-state index in [4.69, 9.17) is 9.94 Å². The number of oxime groups is 1. The number of amides is 3. The fourth-order valence-electron chi connectivity index (χ4n) is 4.35. The number of anilines is 1. The first-order valence-electron chi connectivity index (χ1n) is 13.6. The number of aryl methyl sites for hydroxylation is 1. The molecule has 17 nitrogen and oxygen atoms in total. The summed E-state index contributed by atoms with van der Waals surface area (Å²) < 4.78 is 39.3. The van der Waals surface area contributed by atoms with E-state index in [9.17, 15) is 42.3 Å². The van der Waals surface area contributed by atoms with E-state index < -0.39 is 64.6 Å². The number of rotatable bonds is 13. The number of carbonyl (C=O) groups is 5. The van der Waals surface area contributed by atoms with Crippen molar-refractivity contribution in [1.29, 1.82) is 0 Å². The number of tetrazole rings is 1. The van der Waals surface area contributed by atoms with E-state index in [-0.39, 0.29) is 34.7 Å². The third-order valence-electron chi connectivity index (χ3n) is 6.64. The van der Waals surface area contributed by atoms with Gasteiger partial charge in [0.25, 0.3) is 11.8 Å². The molecule has 4 N–H and O–H groups in total. The number of carbonyl (C=O) groups excluding carboxylic acids is 3. The summed E-state index contributed by atoms with van der Waals surface area (Å²) in [5.74, 6) is -6.53. The molecule has 2 aromatic heterocycles. The van der Waals surface area contributed by atoms with Crippen LogP contribution in [0, 0.1) is 6.92 Å². The molecular weight excluding hydrogens is 720 g/mol. The van der Waals surface area contributed by atoms with E-state index in [0.717, 1.165) is 44.0 Å². The second kappa shape index (κ2) is 14.6. The van der Waals surface area contributed by atoms with Crippen LogP contribution in [0.1, 0.15) is 16.8 Å². The summed E-state index contributed by atoms with van der Waals surface area (Å²) in [5, 5.41) is 37.6. The predicted octanol–water partition coefficient (Wildman–Crippen LogP) is 1.48. The van der Waals surface area contributed by atoms with E-state index in [2.05, 4.69) is 31.0 Å². The molecule has 2 aliphatic heterocycles. The Morgan fingerprint density at radius 3 is 2.59 bits per heavy atom. The zero-order valence-electron chi connectivity index (χ0n) is 24.7. The van der Waals surface area contributed by atoms with Gasteiger partial charge in [-0.05, 0) is 28.5 Å². The number of carboxylic acids is 2.